The number of nitrogens with one attached hydrogen (secondary N) is 1. The minimum Gasteiger partial charge on any atom is -0.462 e. The number of ether oxygens (including phenoxy) is 2. The third kappa shape index (κ3) is 3.12. The lowest BCUT2D eigenvalue weighted by atomic mass is 10.1. The van der Waals surface area contributed by atoms with Crippen molar-refractivity contribution >= 4 is 18.2 Å². The third-order valence-corrected chi connectivity index (χ3v) is 2.42. The van der Waals surface area contributed by atoms with Crippen LogP contribution in [-0.2, 0) is 9.47 Å². The molecule has 0 bridgehead atoms. The summed E-state index contributed by atoms with van der Waals surface area (Å²) in [7, 11) is 0. The van der Waals surface area contributed by atoms with E-state index in [1.807, 2.05) is 0 Å². The van der Waals surface area contributed by atoms with Crippen molar-refractivity contribution in [2.75, 3.05) is 13.2 Å². The summed E-state index contributed by atoms with van der Waals surface area (Å²) in [6.07, 6.45) is 1.03. The molecule has 1 aromatic rings. The summed E-state index contributed by atoms with van der Waals surface area (Å²) in [5.74, 6) is -1.18. The zero-order valence-electron chi connectivity index (χ0n) is 11.0. The van der Waals surface area contributed by atoms with Gasteiger partial charge in [-0.25, -0.2) is 9.59 Å². The zero-order chi connectivity index (χ0) is 14.4. The highest BCUT2D eigenvalue weighted by molar-refractivity contribution is 6.04. The summed E-state index contributed by atoms with van der Waals surface area (Å²) in [5.41, 5.74) is 0.885. The molecular formula is C12H16N2O5. The number of hydrogen-bond acceptors (Lipinski definition) is 6. The Morgan fingerprint density at radius 3 is 2.37 bits per heavy atom. The minimum atomic E-state index is -0.596. The van der Waals surface area contributed by atoms with E-state index >= 15 is 0 Å². The topological polar surface area (TPSA) is 101 Å². The molecule has 7 heteroatoms. The number of H-pyrrole nitrogens is 1. The second-order valence-corrected chi connectivity index (χ2v) is 3.60. The van der Waals surface area contributed by atoms with Crippen LogP contribution < -0.4 is 0 Å². The Kier molecular flexibility index (Phi) is 5.11. The molecule has 0 atom stereocenters. The Bertz CT molecular complexity index is 504. The van der Waals surface area contributed by atoms with Crippen LogP contribution in [0.15, 0.2) is 5.16 Å². The molecule has 0 aliphatic carbocycles. The van der Waals surface area contributed by atoms with Crippen LogP contribution in [0.4, 0.5) is 0 Å². The van der Waals surface area contributed by atoms with Crippen LogP contribution >= 0.6 is 0 Å². The number of aromatic nitrogens is 1. The maximum Gasteiger partial charge on any atom is 0.355 e. The molecule has 0 aliphatic rings. The number of carbonyl (C=O) groups excluding carboxylic acids is 2. The monoisotopic (exact) mass is 268 g/mol. The minimum absolute atomic E-state index is 0.139. The SMILES string of the molecule is CCOC(=O)c1[nH]c(C=NO)c(C(=O)OCC)c1C. The summed E-state index contributed by atoms with van der Waals surface area (Å²) >= 11 is 0. The van der Waals surface area contributed by atoms with E-state index in [1.165, 1.54) is 0 Å². The predicted molar refractivity (Wildman–Crippen MR) is 66.8 cm³/mol. The molecule has 0 spiro atoms. The van der Waals surface area contributed by atoms with Gasteiger partial charge in [-0.1, -0.05) is 5.16 Å². The first-order valence-corrected chi connectivity index (χ1v) is 5.80. The van der Waals surface area contributed by atoms with Crippen LogP contribution in [0.2, 0.25) is 0 Å². The fourth-order valence-electron chi connectivity index (χ4n) is 1.65. The summed E-state index contributed by atoms with van der Waals surface area (Å²) in [6.45, 7) is 5.36. The molecule has 7 nitrogen and oxygen atoms in total. The van der Waals surface area contributed by atoms with E-state index in [2.05, 4.69) is 10.1 Å². The maximum atomic E-state index is 11.8. The van der Waals surface area contributed by atoms with Gasteiger partial charge in [0.25, 0.3) is 0 Å². The van der Waals surface area contributed by atoms with Crippen LogP contribution in [0.5, 0.6) is 0 Å². The van der Waals surface area contributed by atoms with Crippen molar-refractivity contribution in [2.45, 2.75) is 20.8 Å². The van der Waals surface area contributed by atoms with Crippen molar-refractivity contribution < 1.29 is 24.3 Å². The van der Waals surface area contributed by atoms with E-state index < -0.39 is 11.9 Å². The van der Waals surface area contributed by atoms with E-state index in [-0.39, 0.29) is 30.2 Å². The normalized spacial score (nSPS) is 10.7. The summed E-state index contributed by atoms with van der Waals surface area (Å²) < 4.78 is 9.76. The Hall–Kier alpha value is -2.31. The van der Waals surface area contributed by atoms with Crippen molar-refractivity contribution in [1.29, 1.82) is 0 Å². The molecule has 0 radical (unpaired) electrons. The number of esters is 2. The molecule has 1 rings (SSSR count). The van der Waals surface area contributed by atoms with E-state index in [0.29, 0.717) is 5.56 Å². The van der Waals surface area contributed by atoms with Gasteiger partial charge in [-0.15, -0.1) is 0 Å². The Labute approximate surface area is 110 Å². The predicted octanol–water partition coefficient (Wildman–Crippen LogP) is 1.48. The molecule has 0 saturated heterocycles. The zero-order valence-corrected chi connectivity index (χ0v) is 11.0. The Morgan fingerprint density at radius 2 is 1.84 bits per heavy atom. The lowest BCUT2D eigenvalue weighted by Gasteiger charge is -2.02. The number of hydrogen-bond donors (Lipinski definition) is 2. The number of aromatic amines is 1. The number of rotatable bonds is 5. The van der Waals surface area contributed by atoms with Crippen molar-refractivity contribution in [1.82, 2.24) is 4.98 Å². The molecular weight excluding hydrogens is 252 g/mol. The first kappa shape index (κ1) is 14.7. The average molecular weight is 268 g/mol. The van der Waals surface area contributed by atoms with E-state index in [9.17, 15) is 9.59 Å². The van der Waals surface area contributed by atoms with Gasteiger partial charge in [0, 0.05) is 0 Å². The molecule has 0 aromatic carbocycles. The second kappa shape index (κ2) is 6.58. The van der Waals surface area contributed by atoms with Crippen LogP contribution in [-0.4, -0.2) is 41.6 Å². The van der Waals surface area contributed by atoms with Crippen LogP contribution in [0, 0.1) is 6.92 Å². The first-order valence-electron chi connectivity index (χ1n) is 5.80. The maximum absolute atomic E-state index is 11.8. The molecule has 1 heterocycles. The van der Waals surface area contributed by atoms with E-state index in [0.717, 1.165) is 6.21 Å². The lowest BCUT2D eigenvalue weighted by molar-refractivity contribution is 0.0518. The highest BCUT2D eigenvalue weighted by atomic mass is 16.5. The molecule has 1 aromatic heterocycles. The van der Waals surface area contributed by atoms with Gasteiger partial charge in [-0.3, -0.25) is 0 Å². The second-order valence-electron chi connectivity index (χ2n) is 3.60. The third-order valence-electron chi connectivity index (χ3n) is 2.42. The van der Waals surface area contributed by atoms with Gasteiger partial charge < -0.3 is 19.7 Å². The van der Waals surface area contributed by atoms with E-state index in [1.54, 1.807) is 20.8 Å². The number of carbonyl (C=O) groups is 2. The summed E-state index contributed by atoms with van der Waals surface area (Å²) in [6, 6.07) is 0. The molecule has 19 heavy (non-hydrogen) atoms. The molecule has 2 N–H and O–H groups in total. The number of nitrogens with zero attached hydrogens (tertiary/aromatic N) is 1. The van der Waals surface area contributed by atoms with Crippen LogP contribution in [0.3, 0.4) is 0 Å². The molecule has 0 saturated carbocycles. The quantitative estimate of drug-likeness (QED) is 0.364. The van der Waals surface area contributed by atoms with Crippen molar-refractivity contribution in [3.8, 4) is 0 Å². The van der Waals surface area contributed by atoms with Crippen molar-refractivity contribution in [2.24, 2.45) is 5.16 Å². The van der Waals surface area contributed by atoms with E-state index in [4.69, 9.17) is 14.7 Å². The molecule has 0 amide bonds. The molecule has 0 aliphatic heterocycles. The summed E-state index contributed by atoms with van der Waals surface area (Å²) in [5, 5.41) is 11.4. The first-order chi connectivity index (χ1) is 9.06. The highest BCUT2D eigenvalue weighted by Gasteiger charge is 2.24. The Morgan fingerprint density at radius 1 is 1.26 bits per heavy atom. The van der Waals surface area contributed by atoms with Gasteiger partial charge in [-0.2, -0.15) is 0 Å². The largest absolute Gasteiger partial charge is 0.462 e. The molecule has 104 valence electrons. The van der Waals surface area contributed by atoms with Gasteiger partial charge in [0.15, 0.2) is 0 Å². The molecule has 0 unspecified atom stereocenters. The number of oxime groups is 1. The fraction of sp³-hybridized carbons (Fsp3) is 0.417. The van der Waals surface area contributed by atoms with Gasteiger partial charge in [0.2, 0.25) is 0 Å². The van der Waals surface area contributed by atoms with Crippen molar-refractivity contribution in [3.63, 3.8) is 0 Å². The van der Waals surface area contributed by atoms with Gasteiger partial charge >= 0.3 is 11.9 Å². The Balaban J connectivity index is 3.27. The van der Waals surface area contributed by atoms with Gasteiger partial charge in [0.1, 0.15) is 5.69 Å². The molecule has 0 fully saturated rings. The lowest BCUT2D eigenvalue weighted by Crippen LogP contribution is -2.09. The van der Waals surface area contributed by atoms with Gasteiger partial charge in [-0.05, 0) is 26.3 Å². The van der Waals surface area contributed by atoms with Gasteiger partial charge in [0.05, 0.1) is 30.7 Å². The average Bonchev–Trinajstić information content (AvgIpc) is 2.67. The fourth-order valence-corrected chi connectivity index (χ4v) is 1.65. The standard InChI is InChI=1S/C12H16N2O5/c1-4-18-11(15)9-7(3)10(12(16)19-5-2)14-8(9)6-13-17/h6,14,17H,4-5H2,1-3H3. The van der Waals surface area contributed by atoms with Crippen LogP contribution in [0.25, 0.3) is 0 Å². The highest BCUT2D eigenvalue weighted by Crippen LogP contribution is 2.19. The van der Waals surface area contributed by atoms with Crippen molar-refractivity contribution in [3.05, 3.63) is 22.5 Å². The van der Waals surface area contributed by atoms with Crippen LogP contribution in [0.1, 0.15) is 46.0 Å². The summed E-state index contributed by atoms with van der Waals surface area (Å²) in [4.78, 5) is 26.2. The smallest absolute Gasteiger partial charge is 0.355 e.